The van der Waals surface area contributed by atoms with Crippen LogP contribution in [-0.2, 0) is 0 Å². The summed E-state index contributed by atoms with van der Waals surface area (Å²) in [7, 11) is 0. The average molecular weight is 385 g/mol. The van der Waals surface area contributed by atoms with Gasteiger partial charge in [0.05, 0.1) is 16.4 Å². The van der Waals surface area contributed by atoms with Crippen molar-refractivity contribution in [1.29, 1.82) is 0 Å². The van der Waals surface area contributed by atoms with Crippen molar-refractivity contribution in [1.82, 2.24) is 4.98 Å². The normalized spacial score (nSPS) is 10.0. The maximum absolute atomic E-state index is 12.9. The summed E-state index contributed by atoms with van der Waals surface area (Å²) in [6, 6.07) is 13.8. The zero-order valence-corrected chi connectivity index (χ0v) is 13.8. The van der Waals surface area contributed by atoms with Gasteiger partial charge in [0.2, 0.25) is 0 Å². The van der Waals surface area contributed by atoms with Gasteiger partial charge in [-0.05, 0) is 36.4 Å². The van der Waals surface area contributed by atoms with Crippen molar-refractivity contribution in [3.8, 4) is 11.3 Å². The molecule has 2 nitrogen and oxygen atoms in total. The van der Waals surface area contributed by atoms with Crippen LogP contribution in [0.1, 0.15) is 0 Å². The molecule has 0 aliphatic carbocycles. The molecular weight excluding hydrogens is 375 g/mol. The van der Waals surface area contributed by atoms with Gasteiger partial charge in [-0.2, -0.15) is 0 Å². The first kappa shape index (κ1) is 15.9. The van der Waals surface area contributed by atoms with E-state index < -0.39 is 0 Å². The van der Waals surface area contributed by atoms with E-state index in [2.05, 4.69) is 10.3 Å². The highest BCUT2D eigenvalue weighted by atomic mass is 79.9. The Morgan fingerprint density at radius 2 is 1.76 bits per heavy atom. The minimum Gasteiger partial charge on any atom is -1.00 e. The molecule has 0 amide bonds. The number of nitrogens with one attached hydrogen (secondary N) is 1. The molecule has 0 aliphatic rings. The van der Waals surface area contributed by atoms with E-state index in [1.54, 1.807) is 12.1 Å². The van der Waals surface area contributed by atoms with Gasteiger partial charge in [0.15, 0.2) is 5.13 Å². The van der Waals surface area contributed by atoms with E-state index in [4.69, 9.17) is 11.6 Å². The second kappa shape index (κ2) is 7.02. The van der Waals surface area contributed by atoms with Gasteiger partial charge < -0.3 is 22.3 Å². The van der Waals surface area contributed by atoms with E-state index in [1.165, 1.54) is 23.5 Å². The Hall–Kier alpha value is -1.43. The van der Waals surface area contributed by atoms with E-state index in [0.29, 0.717) is 5.02 Å². The van der Waals surface area contributed by atoms with Gasteiger partial charge in [-0.15, -0.1) is 11.3 Å². The lowest BCUT2D eigenvalue weighted by atomic mass is 10.2. The zero-order chi connectivity index (χ0) is 13.9. The molecule has 3 rings (SSSR count). The van der Waals surface area contributed by atoms with Gasteiger partial charge in [0, 0.05) is 10.9 Å². The van der Waals surface area contributed by atoms with Gasteiger partial charge in [-0.1, -0.05) is 23.7 Å². The van der Waals surface area contributed by atoms with E-state index in [9.17, 15) is 4.39 Å². The van der Waals surface area contributed by atoms with Crippen LogP contribution in [0.25, 0.3) is 11.3 Å². The van der Waals surface area contributed by atoms with Crippen LogP contribution < -0.4 is 22.3 Å². The van der Waals surface area contributed by atoms with Crippen LogP contribution in [0, 0.1) is 5.82 Å². The molecule has 0 bridgehead atoms. The second-order valence-electron chi connectivity index (χ2n) is 4.15. The number of benzene rings is 2. The van der Waals surface area contributed by atoms with Gasteiger partial charge in [0.25, 0.3) is 0 Å². The number of thiazole rings is 1. The third-order valence-corrected chi connectivity index (χ3v) is 3.85. The molecule has 0 radical (unpaired) electrons. The van der Waals surface area contributed by atoms with Gasteiger partial charge >= 0.3 is 0 Å². The Labute approximate surface area is 141 Å². The Morgan fingerprint density at radius 1 is 1.05 bits per heavy atom. The fourth-order valence-electron chi connectivity index (χ4n) is 1.76. The molecule has 0 unspecified atom stereocenters. The summed E-state index contributed by atoms with van der Waals surface area (Å²) in [5, 5.41) is 6.49. The molecular formula is C15H10BrClFN2S-. The highest BCUT2D eigenvalue weighted by molar-refractivity contribution is 7.14. The minimum atomic E-state index is -0.251. The monoisotopic (exact) mass is 383 g/mol. The van der Waals surface area contributed by atoms with Gasteiger partial charge in [0.1, 0.15) is 5.82 Å². The van der Waals surface area contributed by atoms with Crippen molar-refractivity contribution < 1.29 is 21.4 Å². The topological polar surface area (TPSA) is 24.9 Å². The molecule has 0 aliphatic heterocycles. The number of nitrogens with zero attached hydrogens (tertiary/aromatic N) is 1. The molecule has 1 N–H and O–H groups in total. The number of rotatable bonds is 3. The van der Waals surface area contributed by atoms with E-state index in [0.717, 1.165) is 22.1 Å². The summed E-state index contributed by atoms with van der Waals surface area (Å²) >= 11 is 7.57. The molecule has 2 aromatic carbocycles. The van der Waals surface area contributed by atoms with Crippen LogP contribution in [0.2, 0.25) is 5.02 Å². The van der Waals surface area contributed by atoms with Crippen LogP contribution in [0.5, 0.6) is 0 Å². The molecule has 1 heterocycles. The predicted molar refractivity (Wildman–Crippen MR) is 82.2 cm³/mol. The van der Waals surface area contributed by atoms with Crippen molar-refractivity contribution >= 4 is 33.8 Å². The average Bonchev–Trinajstić information content (AvgIpc) is 2.91. The summed E-state index contributed by atoms with van der Waals surface area (Å²) in [5.41, 5.74) is 2.51. The summed E-state index contributed by atoms with van der Waals surface area (Å²) in [4.78, 5) is 4.47. The highest BCUT2D eigenvalue weighted by Crippen LogP contribution is 2.29. The van der Waals surface area contributed by atoms with Crippen LogP contribution >= 0.6 is 22.9 Å². The third kappa shape index (κ3) is 3.81. The van der Waals surface area contributed by atoms with Crippen molar-refractivity contribution in [3.63, 3.8) is 0 Å². The Morgan fingerprint density at radius 3 is 2.48 bits per heavy atom. The molecule has 0 fully saturated rings. The summed E-state index contributed by atoms with van der Waals surface area (Å²) < 4.78 is 12.9. The van der Waals surface area contributed by atoms with Crippen LogP contribution in [-0.4, -0.2) is 4.98 Å². The Balaban J connectivity index is 0.00000161. The predicted octanol–water partition coefficient (Wildman–Crippen LogP) is 2.35. The Bertz CT molecular complexity index is 731. The number of hydrogen-bond donors (Lipinski definition) is 1. The lowest BCUT2D eigenvalue weighted by Crippen LogP contribution is -3.00. The van der Waals surface area contributed by atoms with Crippen molar-refractivity contribution in [2.45, 2.75) is 0 Å². The molecule has 0 atom stereocenters. The third-order valence-electron chi connectivity index (χ3n) is 2.76. The number of anilines is 2. The zero-order valence-electron chi connectivity index (χ0n) is 10.7. The van der Waals surface area contributed by atoms with E-state index in [1.807, 2.05) is 29.6 Å². The smallest absolute Gasteiger partial charge is 0.187 e. The second-order valence-corrected chi connectivity index (χ2v) is 5.41. The van der Waals surface area contributed by atoms with Crippen molar-refractivity contribution in [2.75, 3.05) is 5.32 Å². The Kier molecular flexibility index (Phi) is 5.33. The molecule has 0 spiro atoms. The SMILES string of the molecule is Fc1ccc(-c2csc(Nc3ccccc3Cl)n2)cc1.[Br-]. The van der Waals surface area contributed by atoms with Crippen molar-refractivity contribution in [2.24, 2.45) is 0 Å². The summed E-state index contributed by atoms with van der Waals surface area (Å²) in [6.07, 6.45) is 0. The van der Waals surface area contributed by atoms with E-state index >= 15 is 0 Å². The largest absolute Gasteiger partial charge is 1.00 e. The fraction of sp³-hybridized carbons (Fsp3) is 0. The fourth-order valence-corrected chi connectivity index (χ4v) is 2.68. The molecule has 3 aromatic rings. The van der Waals surface area contributed by atoms with Crippen LogP contribution in [0.4, 0.5) is 15.2 Å². The highest BCUT2D eigenvalue weighted by Gasteiger charge is 2.06. The molecule has 1 aromatic heterocycles. The molecule has 21 heavy (non-hydrogen) atoms. The maximum Gasteiger partial charge on any atom is 0.187 e. The van der Waals surface area contributed by atoms with Crippen LogP contribution in [0.3, 0.4) is 0 Å². The lowest BCUT2D eigenvalue weighted by Gasteiger charge is -2.04. The van der Waals surface area contributed by atoms with E-state index in [-0.39, 0.29) is 22.8 Å². The number of halogens is 3. The first-order valence-corrected chi connectivity index (χ1v) is 7.21. The number of aromatic nitrogens is 1. The standard InChI is InChI=1S/C15H10ClFN2S.BrH/c16-12-3-1-2-4-13(12)18-15-19-14(9-20-15)10-5-7-11(17)8-6-10;/h1-9H,(H,18,19);1H/p-1. The molecule has 6 heteroatoms. The maximum atomic E-state index is 12.9. The molecule has 108 valence electrons. The number of hydrogen-bond acceptors (Lipinski definition) is 3. The summed E-state index contributed by atoms with van der Waals surface area (Å²) in [6.45, 7) is 0. The first-order valence-electron chi connectivity index (χ1n) is 5.95. The van der Waals surface area contributed by atoms with Crippen LogP contribution in [0.15, 0.2) is 53.9 Å². The summed E-state index contributed by atoms with van der Waals surface area (Å²) in [5.74, 6) is -0.251. The molecule has 0 saturated heterocycles. The van der Waals surface area contributed by atoms with Gasteiger partial charge in [-0.3, -0.25) is 0 Å². The van der Waals surface area contributed by atoms with Crippen molar-refractivity contribution in [3.05, 3.63) is 64.8 Å². The first-order chi connectivity index (χ1) is 9.72. The minimum absolute atomic E-state index is 0. The lowest BCUT2D eigenvalue weighted by molar-refractivity contribution is -0.00000442. The van der Waals surface area contributed by atoms with Gasteiger partial charge in [-0.25, -0.2) is 9.37 Å². The molecule has 0 saturated carbocycles. The number of para-hydroxylation sites is 1. The quantitative estimate of drug-likeness (QED) is 0.750.